The van der Waals surface area contributed by atoms with Crippen molar-refractivity contribution >= 4 is 27.7 Å². The number of aromatic nitrogens is 1. The molecule has 1 amide bonds. The van der Waals surface area contributed by atoms with Gasteiger partial charge in [0, 0.05) is 29.8 Å². The average Bonchev–Trinajstić information content (AvgIpc) is 2.81. The highest BCUT2D eigenvalue weighted by atomic mass is 79.9. The summed E-state index contributed by atoms with van der Waals surface area (Å²) >= 11 is 3.31. The van der Waals surface area contributed by atoms with E-state index in [0.29, 0.717) is 11.6 Å². The van der Waals surface area contributed by atoms with Crippen molar-refractivity contribution < 1.29 is 4.79 Å². The molecule has 1 fully saturated rings. The molecule has 1 atom stereocenters. The maximum absolute atomic E-state index is 12.4. The molecule has 1 aromatic rings. The maximum Gasteiger partial charge on any atom is 0.257 e. The molecule has 1 unspecified atom stereocenters. The van der Waals surface area contributed by atoms with Crippen LogP contribution in [0.25, 0.3) is 0 Å². The van der Waals surface area contributed by atoms with Crippen molar-refractivity contribution in [2.45, 2.75) is 12.5 Å². The molecular weight excluding hydrogens is 296 g/mol. The number of carbonyl (C=O) groups is 1. The van der Waals surface area contributed by atoms with E-state index in [1.54, 1.807) is 12.3 Å². The number of carbonyl (C=O) groups excluding carboxylic acids is 1. The molecule has 0 radical (unpaired) electrons. The van der Waals surface area contributed by atoms with Crippen LogP contribution in [0.5, 0.6) is 0 Å². The number of hydrogen-bond acceptors (Lipinski definition) is 4. The van der Waals surface area contributed by atoms with Gasteiger partial charge in [0.05, 0.1) is 5.56 Å². The molecule has 98 valence electrons. The number of nitrogens with zero attached hydrogens (tertiary/aromatic N) is 3. The quantitative estimate of drug-likeness (QED) is 0.891. The Morgan fingerprint density at radius 1 is 1.61 bits per heavy atom. The van der Waals surface area contributed by atoms with Gasteiger partial charge in [-0.3, -0.25) is 4.79 Å². The van der Waals surface area contributed by atoms with Gasteiger partial charge in [-0.1, -0.05) is 0 Å². The summed E-state index contributed by atoms with van der Waals surface area (Å²) in [5, 5.41) is 0. The number of nitrogen functional groups attached to an aromatic ring is 1. The minimum Gasteiger partial charge on any atom is -0.383 e. The zero-order valence-electron chi connectivity index (χ0n) is 10.6. The van der Waals surface area contributed by atoms with E-state index < -0.39 is 0 Å². The van der Waals surface area contributed by atoms with Crippen LogP contribution in [0.1, 0.15) is 16.8 Å². The number of likely N-dealkylation sites (tertiary alicyclic amines) is 1. The van der Waals surface area contributed by atoms with E-state index in [-0.39, 0.29) is 11.7 Å². The van der Waals surface area contributed by atoms with E-state index >= 15 is 0 Å². The highest BCUT2D eigenvalue weighted by Crippen LogP contribution is 2.21. The van der Waals surface area contributed by atoms with Crippen LogP contribution in [-0.2, 0) is 0 Å². The third-order valence-electron chi connectivity index (χ3n) is 3.30. The molecule has 0 spiro atoms. The predicted octanol–water partition coefficient (Wildman–Crippen LogP) is 1.20. The standard InChI is InChI=1S/C12H17BrN4O/c1-16(2)9-3-4-17(7-9)12(18)10-5-8(13)6-15-11(10)14/h5-6,9H,3-4,7H2,1-2H3,(H2,14,15). The maximum atomic E-state index is 12.4. The molecule has 0 aliphatic carbocycles. The normalized spacial score (nSPS) is 19.6. The lowest BCUT2D eigenvalue weighted by Crippen LogP contribution is -2.34. The highest BCUT2D eigenvalue weighted by molar-refractivity contribution is 9.10. The van der Waals surface area contributed by atoms with E-state index in [2.05, 4.69) is 25.8 Å². The van der Waals surface area contributed by atoms with Gasteiger partial charge in [-0.05, 0) is 42.5 Å². The summed E-state index contributed by atoms with van der Waals surface area (Å²) in [7, 11) is 4.07. The number of nitrogens with two attached hydrogens (primary N) is 1. The van der Waals surface area contributed by atoms with Crippen molar-refractivity contribution in [1.82, 2.24) is 14.8 Å². The summed E-state index contributed by atoms with van der Waals surface area (Å²) in [4.78, 5) is 20.3. The van der Waals surface area contributed by atoms with Gasteiger partial charge in [0.25, 0.3) is 5.91 Å². The summed E-state index contributed by atoms with van der Waals surface area (Å²) in [6, 6.07) is 2.16. The van der Waals surface area contributed by atoms with Crippen molar-refractivity contribution in [3.8, 4) is 0 Å². The Morgan fingerprint density at radius 2 is 2.33 bits per heavy atom. The van der Waals surface area contributed by atoms with Gasteiger partial charge in [-0.25, -0.2) is 4.98 Å². The van der Waals surface area contributed by atoms with E-state index in [1.165, 1.54) is 0 Å². The first-order chi connectivity index (χ1) is 8.49. The Kier molecular flexibility index (Phi) is 3.87. The van der Waals surface area contributed by atoms with Gasteiger partial charge < -0.3 is 15.5 Å². The lowest BCUT2D eigenvalue weighted by atomic mass is 10.2. The van der Waals surface area contributed by atoms with Gasteiger partial charge in [0.15, 0.2) is 0 Å². The lowest BCUT2D eigenvalue weighted by molar-refractivity contribution is 0.0783. The number of likely N-dealkylation sites (N-methyl/N-ethyl adjacent to an activating group) is 1. The first-order valence-electron chi connectivity index (χ1n) is 5.85. The first kappa shape index (κ1) is 13.3. The number of rotatable bonds is 2. The van der Waals surface area contributed by atoms with Crippen LogP contribution in [0.15, 0.2) is 16.7 Å². The molecule has 0 bridgehead atoms. The summed E-state index contributed by atoms with van der Waals surface area (Å²) in [5.41, 5.74) is 6.24. The molecule has 1 aliphatic heterocycles. The molecule has 1 saturated heterocycles. The molecule has 0 aromatic carbocycles. The number of halogens is 1. The topological polar surface area (TPSA) is 62.5 Å². The van der Waals surface area contributed by atoms with Gasteiger partial charge in [0.1, 0.15) is 5.82 Å². The highest BCUT2D eigenvalue weighted by Gasteiger charge is 2.29. The zero-order chi connectivity index (χ0) is 13.3. The van der Waals surface area contributed by atoms with E-state index in [4.69, 9.17) is 5.73 Å². The molecule has 5 nitrogen and oxygen atoms in total. The Hall–Kier alpha value is -1.14. The van der Waals surface area contributed by atoms with Gasteiger partial charge in [0.2, 0.25) is 0 Å². The second kappa shape index (κ2) is 5.24. The van der Waals surface area contributed by atoms with Gasteiger partial charge >= 0.3 is 0 Å². The zero-order valence-corrected chi connectivity index (χ0v) is 12.1. The first-order valence-corrected chi connectivity index (χ1v) is 6.65. The smallest absolute Gasteiger partial charge is 0.257 e. The summed E-state index contributed by atoms with van der Waals surface area (Å²) in [6.07, 6.45) is 2.60. The minimum absolute atomic E-state index is 0.0364. The van der Waals surface area contributed by atoms with E-state index in [9.17, 15) is 4.79 Å². The molecule has 6 heteroatoms. The van der Waals surface area contributed by atoms with Crippen molar-refractivity contribution in [2.75, 3.05) is 32.9 Å². The Labute approximate surface area is 115 Å². The van der Waals surface area contributed by atoms with Gasteiger partial charge in [-0.2, -0.15) is 0 Å². The fourth-order valence-electron chi connectivity index (χ4n) is 2.14. The Bertz CT molecular complexity index is 463. The summed E-state index contributed by atoms with van der Waals surface area (Å²) < 4.78 is 0.767. The molecule has 0 saturated carbocycles. The summed E-state index contributed by atoms with van der Waals surface area (Å²) in [6.45, 7) is 1.52. The Morgan fingerprint density at radius 3 is 2.94 bits per heavy atom. The average molecular weight is 313 g/mol. The molecule has 18 heavy (non-hydrogen) atoms. The van der Waals surface area contributed by atoms with Crippen LogP contribution in [0.3, 0.4) is 0 Å². The van der Waals surface area contributed by atoms with E-state index in [1.807, 2.05) is 19.0 Å². The molecule has 2 heterocycles. The molecular formula is C12H17BrN4O. The van der Waals surface area contributed by atoms with E-state index in [0.717, 1.165) is 24.0 Å². The number of amides is 1. The Balaban J connectivity index is 2.15. The number of pyridine rings is 1. The summed E-state index contributed by atoms with van der Waals surface area (Å²) in [5.74, 6) is 0.252. The molecule has 2 rings (SSSR count). The lowest BCUT2D eigenvalue weighted by Gasteiger charge is -2.20. The van der Waals surface area contributed by atoms with Crippen LogP contribution >= 0.6 is 15.9 Å². The van der Waals surface area contributed by atoms with Crippen molar-refractivity contribution in [2.24, 2.45) is 0 Å². The largest absolute Gasteiger partial charge is 0.383 e. The number of hydrogen-bond donors (Lipinski definition) is 1. The van der Waals surface area contributed by atoms with Crippen LogP contribution in [0, 0.1) is 0 Å². The van der Waals surface area contributed by atoms with Crippen molar-refractivity contribution in [1.29, 1.82) is 0 Å². The van der Waals surface area contributed by atoms with Crippen molar-refractivity contribution in [3.63, 3.8) is 0 Å². The third kappa shape index (κ3) is 2.64. The van der Waals surface area contributed by atoms with Crippen LogP contribution in [0.4, 0.5) is 5.82 Å². The second-order valence-corrected chi connectivity index (χ2v) is 5.66. The molecule has 2 N–H and O–H groups in total. The SMILES string of the molecule is CN(C)C1CCN(C(=O)c2cc(Br)cnc2N)C1. The van der Waals surface area contributed by atoms with Crippen LogP contribution in [0.2, 0.25) is 0 Å². The number of anilines is 1. The third-order valence-corrected chi connectivity index (χ3v) is 3.73. The monoisotopic (exact) mass is 312 g/mol. The van der Waals surface area contributed by atoms with Crippen LogP contribution < -0.4 is 5.73 Å². The van der Waals surface area contributed by atoms with Gasteiger partial charge in [-0.15, -0.1) is 0 Å². The predicted molar refractivity (Wildman–Crippen MR) is 74.3 cm³/mol. The molecule has 1 aromatic heterocycles. The van der Waals surface area contributed by atoms with Crippen molar-refractivity contribution in [3.05, 3.63) is 22.3 Å². The fraction of sp³-hybridized carbons (Fsp3) is 0.500. The molecule has 1 aliphatic rings. The second-order valence-electron chi connectivity index (χ2n) is 4.74. The minimum atomic E-state index is -0.0364. The van der Waals surface area contributed by atoms with Crippen LogP contribution in [-0.4, -0.2) is 53.9 Å². The fourth-order valence-corrected chi connectivity index (χ4v) is 2.47.